The molecule has 31 heavy (non-hydrogen) atoms. The third-order valence-corrected chi connectivity index (χ3v) is 5.65. The molecule has 6 nitrogen and oxygen atoms in total. The highest BCUT2D eigenvalue weighted by molar-refractivity contribution is 6.10. The number of pyridine rings is 1. The quantitative estimate of drug-likeness (QED) is 0.504. The number of halogens is 1. The highest BCUT2D eigenvalue weighted by Crippen LogP contribution is 2.33. The third-order valence-electron chi connectivity index (χ3n) is 5.65. The van der Waals surface area contributed by atoms with Crippen molar-refractivity contribution < 1.29 is 13.7 Å². The zero-order valence-electron chi connectivity index (χ0n) is 17.1. The van der Waals surface area contributed by atoms with E-state index in [1.165, 1.54) is 12.1 Å². The standard InChI is InChI=1S/C24H21FN4O2/c1-28-11-13-29(14-12-28)24(30)19-15-20(16-7-9-18(25)10-8-16)26-23-21(19)22(27-31-23)17-5-3-2-4-6-17/h2-10,15H,11-14H2,1H3. The monoisotopic (exact) mass is 416 g/mol. The van der Waals surface area contributed by atoms with Gasteiger partial charge in [-0.1, -0.05) is 35.5 Å². The maximum Gasteiger partial charge on any atom is 0.259 e. The van der Waals surface area contributed by atoms with Crippen LogP contribution in [0.5, 0.6) is 0 Å². The van der Waals surface area contributed by atoms with Crippen LogP contribution >= 0.6 is 0 Å². The van der Waals surface area contributed by atoms with Gasteiger partial charge >= 0.3 is 0 Å². The fraction of sp³-hybridized carbons (Fsp3) is 0.208. The summed E-state index contributed by atoms with van der Waals surface area (Å²) in [6.45, 7) is 2.94. The van der Waals surface area contributed by atoms with Gasteiger partial charge in [-0.25, -0.2) is 9.37 Å². The second-order valence-electron chi connectivity index (χ2n) is 7.73. The van der Waals surface area contributed by atoms with E-state index in [2.05, 4.69) is 15.0 Å². The summed E-state index contributed by atoms with van der Waals surface area (Å²) < 4.78 is 19.0. The van der Waals surface area contributed by atoms with E-state index >= 15 is 0 Å². The van der Waals surface area contributed by atoms with E-state index in [0.717, 1.165) is 18.7 Å². The highest BCUT2D eigenvalue weighted by atomic mass is 19.1. The number of piperazine rings is 1. The van der Waals surface area contributed by atoms with Crippen molar-refractivity contribution in [2.75, 3.05) is 33.2 Å². The zero-order valence-corrected chi connectivity index (χ0v) is 17.1. The molecule has 0 atom stereocenters. The Kier molecular flexibility index (Phi) is 4.95. The summed E-state index contributed by atoms with van der Waals surface area (Å²) in [5, 5.41) is 4.84. The van der Waals surface area contributed by atoms with Crippen molar-refractivity contribution in [3.63, 3.8) is 0 Å². The number of benzene rings is 2. The Morgan fingerprint density at radius 1 is 0.968 bits per heavy atom. The molecular formula is C24H21FN4O2. The number of nitrogens with zero attached hydrogens (tertiary/aromatic N) is 4. The number of amides is 1. The Bertz CT molecular complexity index is 1230. The van der Waals surface area contributed by atoms with Gasteiger partial charge in [0.2, 0.25) is 0 Å². The molecule has 2 aromatic heterocycles. The predicted octanol–water partition coefficient (Wildman–Crippen LogP) is 4.08. The molecule has 0 saturated carbocycles. The number of hydrogen-bond acceptors (Lipinski definition) is 5. The van der Waals surface area contributed by atoms with E-state index in [4.69, 9.17) is 4.52 Å². The van der Waals surface area contributed by atoms with Crippen molar-refractivity contribution in [1.82, 2.24) is 19.9 Å². The van der Waals surface area contributed by atoms with Crippen LogP contribution in [-0.2, 0) is 0 Å². The fourth-order valence-electron chi connectivity index (χ4n) is 3.86. The smallest absolute Gasteiger partial charge is 0.259 e. The molecule has 2 aromatic carbocycles. The van der Waals surface area contributed by atoms with Crippen molar-refractivity contribution in [2.45, 2.75) is 0 Å². The van der Waals surface area contributed by atoms with Gasteiger partial charge in [-0.15, -0.1) is 0 Å². The maximum atomic E-state index is 13.6. The molecule has 1 aliphatic rings. The van der Waals surface area contributed by atoms with Crippen molar-refractivity contribution >= 4 is 17.0 Å². The van der Waals surface area contributed by atoms with E-state index in [1.807, 2.05) is 42.3 Å². The summed E-state index contributed by atoms with van der Waals surface area (Å²) in [4.78, 5) is 22.2. The van der Waals surface area contributed by atoms with Crippen molar-refractivity contribution in [1.29, 1.82) is 0 Å². The van der Waals surface area contributed by atoms with Gasteiger partial charge in [-0.05, 0) is 37.4 Å². The van der Waals surface area contributed by atoms with Crippen LogP contribution in [0.4, 0.5) is 4.39 Å². The Morgan fingerprint density at radius 3 is 2.39 bits per heavy atom. The number of carbonyl (C=O) groups excluding carboxylic acids is 1. The number of hydrogen-bond donors (Lipinski definition) is 0. The van der Waals surface area contributed by atoms with E-state index in [0.29, 0.717) is 41.0 Å². The van der Waals surface area contributed by atoms with Crippen LogP contribution in [0.3, 0.4) is 0 Å². The fourth-order valence-corrected chi connectivity index (χ4v) is 3.86. The Morgan fingerprint density at radius 2 is 1.68 bits per heavy atom. The molecule has 156 valence electrons. The summed E-state index contributed by atoms with van der Waals surface area (Å²) in [5.41, 5.74) is 3.47. The molecule has 1 fully saturated rings. The molecule has 0 N–H and O–H groups in total. The molecule has 1 saturated heterocycles. The van der Waals surface area contributed by atoms with Crippen LogP contribution in [0.2, 0.25) is 0 Å². The van der Waals surface area contributed by atoms with Crippen LogP contribution in [-0.4, -0.2) is 59.1 Å². The minimum Gasteiger partial charge on any atom is -0.336 e. The average molecular weight is 416 g/mol. The van der Waals surface area contributed by atoms with Crippen LogP contribution < -0.4 is 0 Å². The Labute approximate surface area is 178 Å². The van der Waals surface area contributed by atoms with Gasteiger partial charge in [0.25, 0.3) is 11.6 Å². The number of aromatic nitrogens is 2. The summed E-state index contributed by atoms with van der Waals surface area (Å²) in [6, 6.07) is 17.4. The van der Waals surface area contributed by atoms with E-state index in [-0.39, 0.29) is 17.4 Å². The lowest BCUT2D eigenvalue weighted by Gasteiger charge is -2.32. The molecule has 0 aliphatic carbocycles. The molecule has 0 bridgehead atoms. The van der Waals surface area contributed by atoms with Gasteiger partial charge in [-0.2, -0.15) is 0 Å². The highest BCUT2D eigenvalue weighted by Gasteiger charge is 2.27. The zero-order chi connectivity index (χ0) is 21.4. The second kappa shape index (κ2) is 7.92. The van der Waals surface area contributed by atoms with Crippen molar-refractivity contribution in [3.8, 4) is 22.5 Å². The van der Waals surface area contributed by atoms with Gasteiger partial charge in [0, 0.05) is 37.3 Å². The van der Waals surface area contributed by atoms with E-state index in [9.17, 15) is 9.18 Å². The number of fused-ring (bicyclic) bond motifs is 1. The minimum absolute atomic E-state index is 0.0794. The number of likely N-dealkylation sites (N-methyl/N-ethyl adjacent to an activating group) is 1. The molecule has 7 heteroatoms. The van der Waals surface area contributed by atoms with Crippen LogP contribution in [0, 0.1) is 5.82 Å². The largest absolute Gasteiger partial charge is 0.336 e. The van der Waals surface area contributed by atoms with Crippen molar-refractivity contribution in [2.24, 2.45) is 0 Å². The van der Waals surface area contributed by atoms with Crippen molar-refractivity contribution in [3.05, 3.63) is 72.0 Å². The normalized spacial score (nSPS) is 14.8. The molecule has 0 spiro atoms. The molecule has 4 aromatic rings. The minimum atomic E-state index is -0.329. The lowest BCUT2D eigenvalue weighted by atomic mass is 10.0. The summed E-state index contributed by atoms with van der Waals surface area (Å²) in [6.07, 6.45) is 0. The molecule has 0 radical (unpaired) electrons. The predicted molar refractivity (Wildman–Crippen MR) is 116 cm³/mol. The van der Waals surface area contributed by atoms with Gasteiger partial charge in [-0.3, -0.25) is 4.79 Å². The summed E-state index contributed by atoms with van der Waals surface area (Å²) in [7, 11) is 2.05. The van der Waals surface area contributed by atoms with Gasteiger partial charge in [0.15, 0.2) is 0 Å². The van der Waals surface area contributed by atoms with E-state index < -0.39 is 0 Å². The average Bonchev–Trinajstić information content (AvgIpc) is 3.24. The van der Waals surface area contributed by atoms with Gasteiger partial charge in [0.05, 0.1) is 16.6 Å². The first-order valence-corrected chi connectivity index (χ1v) is 10.2. The lowest BCUT2D eigenvalue weighted by molar-refractivity contribution is 0.0666. The van der Waals surface area contributed by atoms with Crippen LogP contribution in [0.15, 0.2) is 65.2 Å². The Hall–Kier alpha value is -3.58. The number of carbonyl (C=O) groups is 1. The number of rotatable bonds is 3. The molecular weight excluding hydrogens is 395 g/mol. The first kappa shape index (κ1) is 19.4. The molecule has 5 rings (SSSR count). The summed E-state index contributed by atoms with van der Waals surface area (Å²) >= 11 is 0. The topological polar surface area (TPSA) is 62.5 Å². The maximum absolute atomic E-state index is 13.6. The third kappa shape index (κ3) is 3.68. The lowest BCUT2D eigenvalue weighted by Crippen LogP contribution is -2.47. The molecule has 1 amide bonds. The summed E-state index contributed by atoms with van der Waals surface area (Å²) in [5.74, 6) is -0.408. The second-order valence-corrected chi connectivity index (χ2v) is 7.73. The molecule has 0 unspecified atom stereocenters. The Balaban J connectivity index is 1.68. The van der Waals surface area contributed by atoms with Crippen LogP contribution in [0.1, 0.15) is 10.4 Å². The van der Waals surface area contributed by atoms with Gasteiger partial charge in [0.1, 0.15) is 11.5 Å². The van der Waals surface area contributed by atoms with E-state index in [1.54, 1.807) is 18.2 Å². The molecule has 1 aliphatic heterocycles. The first-order valence-electron chi connectivity index (χ1n) is 10.2. The first-order chi connectivity index (χ1) is 15.1. The van der Waals surface area contributed by atoms with Gasteiger partial charge < -0.3 is 14.3 Å². The molecule has 3 heterocycles. The SMILES string of the molecule is CN1CCN(C(=O)c2cc(-c3ccc(F)cc3)nc3onc(-c4ccccc4)c23)CC1. The van der Waals surface area contributed by atoms with Crippen LogP contribution in [0.25, 0.3) is 33.6 Å².